The number of aromatic nitrogens is 2. The molecule has 0 spiro atoms. The molecule has 0 aliphatic heterocycles. The van der Waals surface area contributed by atoms with Crippen molar-refractivity contribution in [3.8, 4) is 10.6 Å². The number of carboxylic acids is 1. The van der Waals surface area contributed by atoms with E-state index in [0.717, 1.165) is 4.88 Å². The summed E-state index contributed by atoms with van der Waals surface area (Å²) in [6.45, 7) is 0. The van der Waals surface area contributed by atoms with Crippen LogP contribution in [0.1, 0.15) is 10.5 Å². The van der Waals surface area contributed by atoms with Gasteiger partial charge in [-0.3, -0.25) is 0 Å². The van der Waals surface area contributed by atoms with E-state index in [-0.39, 0.29) is 10.5 Å². The molecule has 0 aliphatic rings. The predicted octanol–water partition coefficient (Wildman–Crippen LogP) is 3.15. The average Bonchev–Trinajstić information content (AvgIpc) is 2.71. The zero-order valence-corrected chi connectivity index (χ0v) is 9.59. The number of nitrogens with one attached hydrogen (secondary N) is 2. The van der Waals surface area contributed by atoms with Gasteiger partial charge in [-0.15, -0.1) is 11.3 Å². The van der Waals surface area contributed by atoms with Crippen molar-refractivity contribution in [2.24, 2.45) is 0 Å². The van der Waals surface area contributed by atoms with Gasteiger partial charge in [-0.2, -0.15) is 0 Å². The summed E-state index contributed by atoms with van der Waals surface area (Å²) in [5.74, 6) is -1.05. The molecule has 15 heavy (non-hydrogen) atoms. The Hall–Kier alpha value is -1.11. The van der Waals surface area contributed by atoms with Crippen molar-refractivity contribution in [2.45, 2.75) is 0 Å². The van der Waals surface area contributed by atoms with E-state index in [0.29, 0.717) is 10.0 Å². The molecule has 0 saturated heterocycles. The van der Waals surface area contributed by atoms with Gasteiger partial charge in [-0.25, -0.2) is 4.79 Å². The Bertz CT molecular complexity index is 569. The van der Waals surface area contributed by atoms with Crippen LogP contribution in [-0.4, -0.2) is 21.0 Å². The van der Waals surface area contributed by atoms with E-state index in [1.807, 2.05) is 0 Å². The lowest BCUT2D eigenvalue weighted by Crippen LogP contribution is -1.98. The molecule has 2 aromatic rings. The Morgan fingerprint density at radius 2 is 2.20 bits per heavy atom. The fourth-order valence-corrected chi connectivity index (χ4v) is 2.43. The van der Waals surface area contributed by atoms with E-state index >= 15 is 0 Å². The minimum atomic E-state index is -1.05. The smallest absolute Gasteiger partial charge is 0.354 e. The van der Waals surface area contributed by atoms with E-state index in [1.54, 1.807) is 12.1 Å². The molecule has 2 rings (SSSR count). The zero-order valence-electron chi connectivity index (χ0n) is 7.20. The Morgan fingerprint density at radius 1 is 1.47 bits per heavy atom. The van der Waals surface area contributed by atoms with Gasteiger partial charge >= 0.3 is 5.97 Å². The van der Waals surface area contributed by atoms with Crippen molar-refractivity contribution in [3.63, 3.8) is 0 Å². The monoisotopic (exact) mass is 260 g/mol. The van der Waals surface area contributed by atoms with Crippen LogP contribution in [0.3, 0.4) is 0 Å². The summed E-state index contributed by atoms with van der Waals surface area (Å²) in [6.07, 6.45) is 0. The van der Waals surface area contributed by atoms with Crippen LogP contribution < -0.4 is 0 Å². The van der Waals surface area contributed by atoms with Gasteiger partial charge in [-0.05, 0) is 24.4 Å². The number of thiophene rings is 1. The van der Waals surface area contributed by atoms with Crippen molar-refractivity contribution < 1.29 is 9.90 Å². The van der Waals surface area contributed by atoms with Gasteiger partial charge in [0.25, 0.3) is 0 Å². The van der Waals surface area contributed by atoms with Crippen LogP contribution in [0.4, 0.5) is 0 Å². The Morgan fingerprint density at radius 3 is 2.73 bits per heavy atom. The summed E-state index contributed by atoms with van der Waals surface area (Å²) in [6, 6.07) is 3.45. The molecule has 0 aliphatic carbocycles. The number of imidazole rings is 1. The summed E-state index contributed by atoms with van der Waals surface area (Å²) in [4.78, 5) is 17.0. The Kier molecular flexibility index (Phi) is 2.64. The number of halogens is 1. The molecular weight excluding hydrogens is 256 g/mol. The molecule has 0 unspecified atom stereocenters. The quantitative estimate of drug-likeness (QED) is 0.727. The second-order valence-electron chi connectivity index (χ2n) is 2.74. The molecule has 0 radical (unpaired) electrons. The molecule has 3 N–H and O–H groups in total. The van der Waals surface area contributed by atoms with Crippen molar-refractivity contribution in [1.29, 1.82) is 0 Å². The van der Waals surface area contributed by atoms with Gasteiger partial charge in [0.1, 0.15) is 0 Å². The maximum atomic E-state index is 10.9. The van der Waals surface area contributed by atoms with Crippen molar-refractivity contribution in [2.75, 3.05) is 0 Å². The summed E-state index contributed by atoms with van der Waals surface area (Å²) in [5.41, 5.74) is 0.517. The van der Waals surface area contributed by atoms with E-state index in [9.17, 15) is 4.79 Å². The van der Waals surface area contributed by atoms with Crippen LogP contribution >= 0.6 is 35.2 Å². The zero-order chi connectivity index (χ0) is 11.0. The normalized spacial score (nSPS) is 10.5. The van der Waals surface area contributed by atoms with Crippen molar-refractivity contribution in [1.82, 2.24) is 9.97 Å². The fraction of sp³-hybridized carbons (Fsp3) is 0. The lowest BCUT2D eigenvalue weighted by atomic mass is 10.3. The van der Waals surface area contributed by atoms with E-state index in [4.69, 9.17) is 28.9 Å². The minimum Gasteiger partial charge on any atom is -0.477 e. The molecule has 7 heteroatoms. The number of aromatic amines is 2. The predicted molar refractivity (Wildman–Crippen MR) is 61.3 cm³/mol. The maximum Gasteiger partial charge on any atom is 0.354 e. The highest BCUT2D eigenvalue weighted by molar-refractivity contribution is 7.71. The molecule has 0 bridgehead atoms. The minimum absolute atomic E-state index is 0.0542. The molecule has 2 aromatic heterocycles. The molecule has 2 heterocycles. The largest absolute Gasteiger partial charge is 0.477 e. The van der Waals surface area contributed by atoms with E-state index in [1.165, 1.54) is 11.3 Å². The number of carbonyl (C=O) groups is 1. The molecular formula is C8H5ClN2O2S2. The number of rotatable bonds is 2. The first-order valence-electron chi connectivity index (χ1n) is 3.89. The SMILES string of the molecule is O=C(O)c1[nH]c(=S)[nH]c1-c1ccc(Cl)s1. The maximum absolute atomic E-state index is 10.9. The fourth-order valence-electron chi connectivity index (χ4n) is 1.18. The van der Waals surface area contributed by atoms with Gasteiger partial charge in [0.2, 0.25) is 0 Å². The molecule has 0 fully saturated rings. The standard InChI is InChI=1S/C8H5ClN2O2S2/c9-4-2-1-3(15-4)5-6(7(12)13)11-8(14)10-5/h1-2H,(H,12,13)(H2,10,11,14). The van der Waals surface area contributed by atoms with Gasteiger partial charge in [0.15, 0.2) is 10.5 Å². The molecule has 0 aromatic carbocycles. The average molecular weight is 261 g/mol. The molecule has 78 valence electrons. The molecule has 0 atom stereocenters. The molecule has 4 nitrogen and oxygen atoms in total. The number of hydrogen-bond donors (Lipinski definition) is 3. The van der Waals surface area contributed by atoms with Crippen LogP contribution in [0.5, 0.6) is 0 Å². The summed E-state index contributed by atoms with van der Waals surface area (Å²) in [7, 11) is 0. The van der Waals surface area contributed by atoms with Gasteiger partial charge in [0.05, 0.1) is 14.9 Å². The van der Waals surface area contributed by atoms with Crippen LogP contribution in [0.25, 0.3) is 10.6 Å². The highest BCUT2D eigenvalue weighted by atomic mass is 35.5. The second kappa shape index (κ2) is 3.80. The number of H-pyrrole nitrogens is 2. The lowest BCUT2D eigenvalue weighted by molar-refractivity contribution is 0.0692. The van der Waals surface area contributed by atoms with Crippen LogP contribution in [0.15, 0.2) is 12.1 Å². The summed E-state index contributed by atoms with van der Waals surface area (Å²) >= 11 is 11.9. The first kappa shape index (κ1) is 10.4. The number of aromatic carboxylic acids is 1. The van der Waals surface area contributed by atoms with Crippen LogP contribution in [0.2, 0.25) is 4.34 Å². The van der Waals surface area contributed by atoms with E-state index < -0.39 is 5.97 Å². The second-order valence-corrected chi connectivity index (χ2v) is 4.86. The molecule has 0 amide bonds. The number of hydrogen-bond acceptors (Lipinski definition) is 3. The highest BCUT2D eigenvalue weighted by Crippen LogP contribution is 2.31. The third kappa shape index (κ3) is 1.97. The van der Waals surface area contributed by atoms with Crippen molar-refractivity contribution >= 4 is 41.1 Å². The third-order valence-electron chi connectivity index (χ3n) is 1.76. The summed E-state index contributed by atoms with van der Waals surface area (Å²) in [5, 5.41) is 8.92. The van der Waals surface area contributed by atoms with Gasteiger partial charge < -0.3 is 15.1 Å². The number of carboxylic acid groups (broad SMARTS) is 1. The van der Waals surface area contributed by atoms with Crippen molar-refractivity contribution in [3.05, 3.63) is 26.9 Å². The van der Waals surface area contributed by atoms with Gasteiger partial charge in [0, 0.05) is 0 Å². The topological polar surface area (TPSA) is 68.9 Å². The van der Waals surface area contributed by atoms with E-state index in [2.05, 4.69) is 9.97 Å². The first-order valence-corrected chi connectivity index (χ1v) is 5.49. The molecule has 0 saturated carbocycles. The Balaban J connectivity index is 2.61. The third-order valence-corrected chi connectivity index (χ3v) is 3.21. The Labute approximate surface area is 98.5 Å². The summed E-state index contributed by atoms with van der Waals surface area (Å²) < 4.78 is 0.883. The first-order chi connectivity index (χ1) is 7.08. The lowest BCUT2D eigenvalue weighted by Gasteiger charge is -1.93. The van der Waals surface area contributed by atoms with Crippen LogP contribution in [-0.2, 0) is 0 Å². The van der Waals surface area contributed by atoms with Crippen LogP contribution in [0, 0.1) is 4.77 Å². The highest BCUT2D eigenvalue weighted by Gasteiger charge is 2.15. The van der Waals surface area contributed by atoms with Gasteiger partial charge in [-0.1, -0.05) is 11.6 Å².